The molecule has 0 bridgehead atoms. The second-order valence-electron chi connectivity index (χ2n) is 5.63. The number of carbonyl (C=O) groups excluding carboxylic acids is 1. The predicted octanol–water partition coefficient (Wildman–Crippen LogP) is 3.43. The van der Waals surface area contributed by atoms with Gasteiger partial charge in [-0.3, -0.25) is 0 Å². The fourth-order valence-corrected chi connectivity index (χ4v) is 2.92. The Balaban J connectivity index is 1.69. The van der Waals surface area contributed by atoms with E-state index in [1.54, 1.807) is 6.26 Å². The molecule has 1 aromatic rings. The van der Waals surface area contributed by atoms with E-state index >= 15 is 0 Å². The molecule has 1 aliphatic heterocycles. The zero-order chi connectivity index (χ0) is 14.2. The Kier molecular flexibility index (Phi) is 5.96. The van der Waals surface area contributed by atoms with Crippen LogP contribution in [0, 0.1) is 5.92 Å². The highest BCUT2D eigenvalue weighted by molar-refractivity contribution is 5.74. The fourth-order valence-electron chi connectivity index (χ4n) is 2.92. The summed E-state index contributed by atoms with van der Waals surface area (Å²) in [5.41, 5.74) is 0. The van der Waals surface area contributed by atoms with Gasteiger partial charge in [0.15, 0.2) is 0 Å². The van der Waals surface area contributed by atoms with Crippen molar-refractivity contribution >= 4 is 6.03 Å². The lowest BCUT2D eigenvalue weighted by Crippen LogP contribution is -2.41. The number of amides is 2. The van der Waals surface area contributed by atoms with Gasteiger partial charge in [-0.25, -0.2) is 4.79 Å². The molecule has 2 rings (SSSR count). The number of carbonyl (C=O) groups is 1. The van der Waals surface area contributed by atoms with E-state index in [1.807, 2.05) is 17.0 Å². The van der Waals surface area contributed by atoms with Crippen LogP contribution >= 0.6 is 0 Å². The number of hydrogen-bond donors (Lipinski definition) is 1. The molecule has 1 unspecified atom stereocenters. The molecule has 20 heavy (non-hydrogen) atoms. The van der Waals surface area contributed by atoms with Crippen LogP contribution in [0.15, 0.2) is 22.8 Å². The summed E-state index contributed by atoms with van der Waals surface area (Å²) in [5.74, 6) is 1.73. The number of nitrogens with zero attached hydrogens (tertiary/aromatic N) is 1. The molecule has 2 heterocycles. The van der Waals surface area contributed by atoms with Gasteiger partial charge in [-0.15, -0.1) is 0 Å². The molecule has 0 saturated carbocycles. The summed E-state index contributed by atoms with van der Waals surface area (Å²) >= 11 is 0. The maximum Gasteiger partial charge on any atom is 0.317 e. The Morgan fingerprint density at radius 2 is 2.35 bits per heavy atom. The minimum absolute atomic E-state index is 0.0775. The molecular weight excluding hydrogens is 252 g/mol. The van der Waals surface area contributed by atoms with Crippen molar-refractivity contribution in [3.63, 3.8) is 0 Å². The monoisotopic (exact) mass is 278 g/mol. The lowest BCUT2D eigenvalue weighted by Gasteiger charge is -2.21. The molecule has 4 nitrogen and oxygen atoms in total. The van der Waals surface area contributed by atoms with Crippen LogP contribution in [-0.4, -0.2) is 30.6 Å². The van der Waals surface area contributed by atoms with E-state index in [2.05, 4.69) is 12.2 Å². The lowest BCUT2D eigenvalue weighted by molar-refractivity contribution is 0.199. The molecule has 4 heteroatoms. The Labute approximate surface area is 121 Å². The molecule has 2 amide bonds. The quantitative estimate of drug-likeness (QED) is 0.896. The topological polar surface area (TPSA) is 45.5 Å². The van der Waals surface area contributed by atoms with Gasteiger partial charge in [0.25, 0.3) is 0 Å². The zero-order valence-corrected chi connectivity index (χ0v) is 12.4. The molecule has 1 aromatic heterocycles. The van der Waals surface area contributed by atoms with Gasteiger partial charge in [0.1, 0.15) is 5.76 Å². The molecular formula is C16H26N2O2. The third-order valence-corrected chi connectivity index (χ3v) is 4.06. The van der Waals surface area contributed by atoms with Gasteiger partial charge in [0, 0.05) is 26.1 Å². The first kappa shape index (κ1) is 14.9. The maximum absolute atomic E-state index is 12.1. The van der Waals surface area contributed by atoms with Gasteiger partial charge in [-0.1, -0.05) is 19.8 Å². The van der Waals surface area contributed by atoms with Crippen molar-refractivity contribution in [2.24, 2.45) is 5.92 Å². The lowest BCUT2D eigenvalue weighted by atomic mass is 9.96. The van der Waals surface area contributed by atoms with Crippen molar-refractivity contribution in [2.45, 2.75) is 45.4 Å². The molecule has 1 fully saturated rings. The summed E-state index contributed by atoms with van der Waals surface area (Å²) < 4.78 is 5.26. The van der Waals surface area contributed by atoms with Crippen LogP contribution in [0.2, 0.25) is 0 Å². The summed E-state index contributed by atoms with van der Waals surface area (Å²) in [4.78, 5) is 14.1. The van der Waals surface area contributed by atoms with Gasteiger partial charge in [-0.2, -0.15) is 0 Å². The summed E-state index contributed by atoms with van der Waals surface area (Å²) in [6.07, 6.45) is 8.53. The van der Waals surface area contributed by atoms with E-state index in [4.69, 9.17) is 4.42 Å². The Morgan fingerprint density at radius 1 is 1.45 bits per heavy atom. The highest BCUT2D eigenvalue weighted by Crippen LogP contribution is 2.21. The molecule has 0 aromatic carbocycles. The molecule has 1 saturated heterocycles. The largest absolute Gasteiger partial charge is 0.469 e. The Bertz CT molecular complexity index is 389. The van der Waals surface area contributed by atoms with Crippen molar-refractivity contribution in [1.29, 1.82) is 0 Å². The first-order chi connectivity index (χ1) is 9.79. The standard InChI is InChI=1S/C16H26N2O2/c1-2-5-14-6-3-11-18(12-9-14)16(19)17-10-8-15-7-4-13-20-15/h4,7,13-14H,2-3,5-6,8-12H2,1H3,(H,17,19). The van der Waals surface area contributed by atoms with E-state index in [9.17, 15) is 4.79 Å². The minimum atomic E-state index is 0.0775. The molecule has 1 N–H and O–H groups in total. The zero-order valence-electron chi connectivity index (χ0n) is 12.4. The summed E-state index contributed by atoms with van der Waals surface area (Å²) in [6.45, 7) is 4.68. The molecule has 0 radical (unpaired) electrons. The van der Waals surface area contributed by atoms with E-state index in [0.29, 0.717) is 6.54 Å². The van der Waals surface area contributed by atoms with E-state index in [0.717, 1.165) is 44.0 Å². The first-order valence-electron chi connectivity index (χ1n) is 7.84. The number of rotatable bonds is 5. The summed E-state index contributed by atoms with van der Waals surface area (Å²) in [5, 5.41) is 2.99. The van der Waals surface area contributed by atoms with Crippen molar-refractivity contribution in [1.82, 2.24) is 10.2 Å². The molecule has 112 valence electrons. The van der Waals surface area contributed by atoms with Gasteiger partial charge in [-0.05, 0) is 37.3 Å². The minimum Gasteiger partial charge on any atom is -0.469 e. The number of furan rings is 1. The van der Waals surface area contributed by atoms with Crippen molar-refractivity contribution in [2.75, 3.05) is 19.6 Å². The summed E-state index contributed by atoms with van der Waals surface area (Å²) in [7, 11) is 0. The van der Waals surface area contributed by atoms with Crippen LogP contribution in [-0.2, 0) is 6.42 Å². The predicted molar refractivity (Wildman–Crippen MR) is 79.6 cm³/mol. The highest BCUT2D eigenvalue weighted by Gasteiger charge is 2.19. The number of hydrogen-bond acceptors (Lipinski definition) is 2. The van der Waals surface area contributed by atoms with Crippen LogP contribution in [0.1, 0.15) is 44.8 Å². The third kappa shape index (κ3) is 4.58. The van der Waals surface area contributed by atoms with Gasteiger partial charge in [0.2, 0.25) is 0 Å². The Morgan fingerprint density at radius 3 is 3.10 bits per heavy atom. The van der Waals surface area contributed by atoms with E-state index in [-0.39, 0.29) is 6.03 Å². The van der Waals surface area contributed by atoms with Gasteiger partial charge >= 0.3 is 6.03 Å². The Hall–Kier alpha value is -1.45. The van der Waals surface area contributed by atoms with Crippen LogP contribution in [0.4, 0.5) is 4.79 Å². The smallest absolute Gasteiger partial charge is 0.317 e. The number of urea groups is 1. The molecule has 1 atom stereocenters. The van der Waals surface area contributed by atoms with E-state index in [1.165, 1.54) is 19.3 Å². The van der Waals surface area contributed by atoms with Gasteiger partial charge in [0.05, 0.1) is 6.26 Å². The van der Waals surface area contributed by atoms with Crippen LogP contribution in [0.3, 0.4) is 0 Å². The number of nitrogens with one attached hydrogen (secondary N) is 1. The maximum atomic E-state index is 12.1. The van der Waals surface area contributed by atoms with Crippen LogP contribution in [0.5, 0.6) is 0 Å². The average molecular weight is 278 g/mol. The highest BCUT2D eigenvalue weighted by atomic mass is 16.3. The number of likely N-dealkylation sites (tertiary alicyclic amines) is 1. The normalized spacial score (nSPS) is 19.6. The van der Waals surface area contributed by atoms with Crippen molar-refractivity contribution in [3.8, 4) is 0 Å². The second kappa shape index (κ2) is 7.98. The average Bonchev–Trinajstić information content (AvgIpc) is 2.84. The summed E-state index contributed by atoms with van der Waals surface area (Å²) in [6, 6.07) is 3.89. The SMILES string of the molecule is CCCC1CCCN(C(=O)NCCc2ccco2)CC1. The van der Waals surface area contributed by atoms with Gasteiger partial charge < -0.3 is 14.6 Å². The first-order valence-corrected chi connectivity index (χ1v) is 7.84. The molecule has 0 aliphatic carbocycles. The van der Waals surface area contributed by atoms with Crippen LogP contribution < -0.4 is 5.32 Å². The van der Waals surface area contributed by atoms with Crippen molar-refractivity contribution < 1.29 is 9.21 Å². The van der Waals surface area contributed by atoms with Crippen LogP contribution in [0.25, 0.3) is 0 Å². The molecule has 0 spiro atoms. The van der Waals surface area contributed by atoms with Crippen molar-refractivity contribution in [3.05, 3.63) is 24.2 Å². The second-order valence-corrected chi connectivity index (χ2v) is 5.63. The third-order valence-electron chi connectivity index (χ3n) is 4.06. The fraction of sp³-hybridized carbons (Fsp3) is 0.688. The molecule has 1 aliphatic rings. The van der Waals surface area contributed by atoms with E-state index < -0.39 is 0 Å².